The van der Waals surface area contributed by atoms with Crippen molar-refractivity contribution in [2.24, 2.45) is 5.92 Å². The number of nitrogens with zero attached hydrogens (tertiary/aromatic N) is 1. The van der Waals surface area contributed by atoms with Gasteiger partial charge in [-0.25, -0.2) is 8.42 Å². The molecule has 2 aromatic carbocycles. The van der Waals surface area contributed by atoms with Gasteiger partial charge in [0.15, 0.2) is 0 Å². The molecule has 0 bridgehead atoms. The van der Waals surface area contributed by atoms with Crippen LogP contribution >= 0.6 is 0 Å². The van der Waals surface area contributed by atoms with Crippen molar-refractivity contribution in [1.29, 1.82) is 0 Å². The number of carbonyl (C=O) groups is 1. The van der Waals surface area contributed by atoms with E-state index in [9.17, 15) is 13.2 Å². The van der Waals surface area contributed by atoms with Crippen LogP contribution in [0.1, 0.15) is 19.4 Å². The number of sulfonamides is 1. The fourth-order valence-corrected chi connectivity index (χ4v) is 4.64. The van der Waals surface area contributed by atoms with E-state index in [1.54, 1.807) is 12.1 Å². The number of nitrogens with one attached hydrogen (secondary N) is 1. The minimum absolute atomic E-state index is 0.190. The maximum absolute atomic E-state index is 13.1. The third-order valence-corrected chi connectivity index (χ3v) is 5.86. The molecule has 1 heterocycles. The highest BCUT2D eigenvalue weighted by Gasteiger charge is 2.31. The predicted molar refractivity (Wildman–Crippen MR) is 94.6 cm³/mol. The van der Waals surface area contributed by atoms with Gasteiger partial charge in [0.25, 0.3) is 10.0 Å². The van der Waals surface area contributed by atoms with E-state index in [0.717, 1.165) is 17.7 Å². The van der Waals surface area contributed by atoms with Crippen LogP contribution in [0.25, 0.3) is 0 Å². The second-order valence-corrected chi connectivity index (χ2v) is 8.04. The molecule has 1 amide bonds. The highest BCUT2D eigenvalue weighted by atomic mass is 32.2. The van der Waals surface area contributed by atoms with Gasteiger partial charge in [-0.15, -0.1) is 0 Å². The number of amides is 1. The third kappa shape index (κ3) is 3.14. The highest BCUT2D eigenvalue weighted by molar-refractivity contribution is 7.92. The van der Waals surface area contributed by atoms with Gasteiger partial charge < -0.3 is 5.32 Å². The van der Waals surface area contributed by atoms with Crippen LogP contribution in [0.4, 0.5) is 11.4 Å². The van der Waals surface area contributed by atoms with E-state index < -0.39 is 10.0 Å². The first-order chi connectivity index (χ1) is 11.4. The van der Waals surface area contributed by atoms with Crippen molar-refractivity contribution in [1.82, 2.24) is 0 Å². The second kappa shape index (κ2) is 6.28. The molecule has 5 nitrogen and oxygen atoms in total. The van der Waals surface area contributed by atoms with Gasteiger partial charge >= 0.3 is 0 Å². The van der Waals surface area contributed by atoms with Gasteiger partial charge in [-0.2, -0.15) is 0 Å². The Hall–Kier alpha value is -2.34. The molecular weight excluding hydrogens is 324 g/mol. The molecule has 0 saturated carbocycles. The van der Waals surface area contributed by atoms with Gasteiger partial charge in [-0.1, -0.05) is 25.1 Å². The van der Waals surface area contributed by atoms with Crippen LogP contribution in [0, 0.1) is 5.92 Å². The van der Waals surface area contributed by atoms with E-state index in [0.29, 0.717) is 12.2 Å². The Bertz CT molecular complexity index is 860. The smallest absolute Gasteiger partial charge is 0.264 e. The Morgan fingerprint density at radius 2 is 1.79 bits per heavy atom. The maximum atomic E-state index is 13.1. The summed E-state index contributed by atoms with van der Waals surface area (Å²) in [4.78, 5) is 11.3. The van der Waals surface area contributed by atoms with Crippen molar-refractivity contribution in [3.63, 3.8) is 0 Å². The number of para-hydroxylation sites is 1. The number of hydrogen-bond acceptors (Lipinski definition) is 3. The molecule has 24 heavy (non-hydrogen) atoms. The van der Waals surface area contributed by atoms with Crippen LogP contribution in [0.2, 0.25) is 0 Å². The number of rotatable bonds is 3. The highest BCUT2D eigenvalue weighted by Crippen LogP contribution is 2.33. The van der Waals surface area contributed by atoms with Crippen LogP contribution in [-0.2, 0) is 21.2 Å². The van der Waals surface area contributed by atoms with Gasteiger partial charge in [0.2, 0.25) is 5.91 Å². The molecule has 1 aliphatic rings. The zero-order chi connectivity index (χ0) is 17.3. The van der Waals surface area contributed by atoms with Crippen LogP contribution in [0.3, 0.4) is 0 Å². The average molecular weight is 344 g/mol. The second-order valence-electron chi connectivity index (χ2n) is 6.18. The summed E-state index contributed by atoms with van der Waals surface area (Å²) in [6.45, 7) is 3.93. The van der Waals surface area contributed by atoms with Crippen molar-refractivity contribution in [3.8, 4) is 0 Å². The molecular formula is C18H20N2O3S. The molecule has 0 aromatic heterocycles. The van der Waals surface area contributed by atoms with Gasteiger partial charge in [-0.3, -0.25) is 9.10 Å². The minimum Gasteiger partial charge on any atom is -0.326 e. The molecule has 1 N–H and O–H groups in total. The number of anilines is 2. The summed E-state index contributed by atoms with van der Waals surface area (Å²) in [6.07, 6.45) is 0.879. The zero-order valence-electron chi connectivity index (χ0n) is 13.7. The van der Waals surface area contributed by atoms with E-state index in [1.165, 1.54) is 23.4 Å². The molecule has 0 fully saturated rings. The molecule has 126 valence electrons. The molecule has 0 spiro atoms. The van der Waals surface area contributed by atoms with Gasteiger partial charge in [0.1, 0.15) is 0 Å². The lowest BCUT2D eigenvalue weighted by Gasteiger charge is -2.33. The third-order valence-electron chi connectivity index (χ3n) is 4.07. The van der Waals surface area contributed by atoms with Gasteiger partial charge in [0.05, 0.1) is 10.6 Å². The summed E-state index contributed by atoms with van der Waals surface area (Å²) in [5, 5.41) is 2.64. The van der Waals surface area contributed by atoms with E-state index in [1.807, 2.05) is 24.3 Å². The Labute approximate surface area is 142 Å². The van der Waals surface area contributed by atoms with Crippen LogP contribution in [0.15, 0.2) is 53.4 Å². The van der Waals surface area contributed by atoms with Crippen molar-refractivity contribution in [3.05, 3.63) is 54.1 Å². The lowest BCUT2D eigenvalue weighted by molar-refractivity contribution is -0.114. The summed E-state index contributed by atoms with van der Waals surface area (Å²) in [6, 6.07) is 13.9. The quantitative estimate of drug-likeness (QED) is 0.931. The van der Waals surface area contributed by atoms with Gasteiger partial charge in [-0.05, 0) is 48.2 Å². The average Bonchev–Trinajstić information content (AvgIpc) is 2.54. The Balaban J connectivity index is 1.97. The van der Waals surface area contributed by atoms with Crippen LogP contribution < -0.4 is 9.62 Å². The standard InChI is InChI=1S/C18H20N2O3S/c1-13-11-15-5-3-4-6-18(15)20(12-13)24(22,23)17-9-7-16(8-10-17)19-14(2)21/h3-10,13H,11-12H2,1-2H3,(H,19,21). The minimum atomic E-state index is -3.63. The first kappa shape index (κ1) is 16.5. The molecule has 0 aliphatic carbocycles. The molecule has 1 aliphatic heterocycles. The summed E-state index contributed by atoms with van der Waals surface area (Å²) in [5.74, 6) is 0.0673. The van der Waals surface area contributed by atoms with E-state index in [4.69, 9.17) is 0 Å². The SMILES string of the molecule is CC(=O)Nc1ccc(S(=O)(=O)N2CC(C)Cc3ccccc32)cc1. The normalized spacial score (nSPS) is 17.2. The summed E-state index contributed by atoms with van der Waals surface area (Å²) >= 11 is 0. The Morgan fingerprint density at radius 1 is 1.12 bits per heavy atom. The topological polar surface area (TPSA) is 66.5 Å². The fraction of sp³-hybridized carbons (Fsp3) is 0.278. The Kier molecular flexibility index (Phi) is 4.32. The molecule has 1 unspecified atom stereocenters. The van der Waals surface area contributed by atoms with Crippen molar-refractivity contribution >= 4 is 27.3 Å². The molecule has 0 saturated heterocycles. The van der Waals surface area contributed by atoms with E-state index in [2.05, 4.69) is 12.2 Å². The molecule has 0 radical (unpaired) electrons. The lowest BCUT2D eigenvalue weighted by atomic mass is 9.96. The van der Waals surface area contributed by atoms with Gasteiger partial charge in [0, 0.05) is 19.2 Å². The zero-order valence-corrected chi connectivity index (χ0v) is 14.5. The summed E-state index contributed by atoms with van der Waals surface area (Å²) in [7, 11) is -3.63. The largest absolute Gasteiger partial charge is 0.326 e. The maximum Gasteiger partial charge on any atom is 0.264 e. The number of fused-ring (bicyclic) bond motifs is 1. The first-order valence-electron chi connectivity index (χ1n) is 7.86. The first-order valence-corrected chi connectivity index (χ1v) is 9.30. The van der Waals surface area contributed by atoms with Crippen molar-refractivity contribution in [2.45, 2.75) is 25.2 Å². The van der Waals surface area contributed by atoms with Crippen molar-refractivity contribution in [2.75, 3.05) is 16.2 Å². The number of carbonyl (C=O) groups excluding carboxylic acids is 1. The molecule has 1 atom stereocenters. The molecule has 2 aromatic rings. The monoisotopic (exact) mass is 344 g/mol. The summed E-state index contributed by atoms with van der Waals surface area (Å²) in [5.41, 5.74) is 2.38. The van der Waals surface area contributed by atoms with Crippen LogP contribution in [0.5, 0.6) is 0 Å². The lowest BCUT2D eigenvalue weighted by Crippen LogP contribution is -2.39. The number of hydrogen-bond donors (Lipinski definition) is 1. The fourth-order valence-electron chi connectivity index (χ4n) is 3.02. The predicted octanol–water partition coefficient (Wildman–Crippen LogP) is 3.03. The number of benzene rings is 2. The molecule has 6 heteroatoms. The summed E-state index contributed by atoms with van der Waals surface area (Å²) < 4.78 is 27.6. The van der Waals surface area contributed by atoms with Crippen molar-refractivity contribution < 1.29 is 13.2 Å². The van der Waals surface area contributed by atoms with E-state index in [-0.39, 0.29) is 16.7 Å². The van der Waals surface area contributed by atoms with E-state index >= 15 is 0 Å². The van der Waals surface area contributed by atoms with Crippen LogP contribution in [-0.4, -0.2) is 20.9 Å². The molecule has 3 rings (SSSR count). The Morgan fingerprint density at radius 3 is 2.46 bits per heavy atom.